The van der Waals surface area contributed by atoms with Crippen LogP contribution in [-0.2, 0) is 9.59 Å². The van der Waals surface area contributed by atoms with Gasteiger partial charge < -0.3 is 15.3 Å². The van der Waals surface area contributed by atoms with Crippen LogP contribution >= 0.6 is 0 Å². The first-order valence-corrected chi connectivity index (χ1v) is 13.3. The molecular weight excluding hydrogens is 603 g/mol. The van der Waals surface area contributed by atoms with Gasteiger partial charge in [-0.3, -0.25) is 28.8 Å². The minimum absolute atomic E-state index is 0. The molecule has 3 aromatic carbocycles. The number of benzene rings is 3. The fourth-order valence-corrected chi connectivity index (χ4v) is 4.51. The van der Waals surface area contributed by atoms with E-state index in [9.17, 15) is 44.1 Å². The molecule has 0 bridgehead atoms. The van der Waals surface area contributed by atoms with Gasteiger partial charge in [0.15, 0.2) is 11.6 Å². The van der Waals surface area contributed by atoms with E-state index in [1.165, 1.54) is 12.1 Å². The van der Waals surface area contributed by atoms with Gasteiger partial charge in [0.25, 0.3) is 0 Å². The van der Waals surface area contributed by atoms with Gasteiger partial charge in [-0.1, -0.05) is 90.2 Å². The molecule has 0 radical (unpaired) electrons. The summed E-state index contributed by atoms with van der Waals surface area (Å²) >= 11 is 0. The summed E-state index contributed by atoms with van der Waals surface area (Å²) in [6, 6.07) is 19.4. The summed E-state index contributed by atoms with van der Waals surface area (Å²) in [6.07, 6.45) is 3.90. The van der Waals surface area contributed by atoms with Crippen molar-refractivity contribution in [3.05, 3.63) is 141 Å². The first kappa shape index (κ1) is 35.2. The maximum absolute atomic E-state index is 11.9. The monoisotopic (exact) mass is 628 g/mol. The van der Waals surface area contributed by atoms with E-state index in [0.717, 1.165) is 17.7 Å². The molecule has 0 saturated heterocycles. The average Bonchev–Trinajstić information content (AvgIpc) is 3.02. The van der Waals surface area contributed by atoms with Crippen molar-refractivity contribution in [3.63, 3.8) is 0 Å². The Balaban J connectivity index is 0.000000185. The number of hydrogen-bond acceptors (Lipinski definition) is 9. The zero-order valence-corrected chi connectivity index (χ0v) is 27.7. The standard InChI is InChI=1S/C15H14O3.2C10H6O3.K/c1-9(2)7-8-12-13(16)10-5-3-4-6-11(10)14(17)15(12)18;2*11-8-5-9(12)10(13)7-4-2-1-3-6(7)8;/h3-7,16H,8H2,1-2H3;1-5,12H;1-5,11H;/q;;;+1/p-1. The van der Waals surface area contributed by atoms with E-state index in [2.05, 4.69) is 0 Å². The molecular formula is C35H25KO9. The maximum Gasteiger partial charge on any atom is 1.00 e. The Morgan fingerprint density at radius 2 is 1.07 bits per heavy atom. The van der Waals surface area contributed by atoms with Crippen LogP contribution in [0.3, 0.4) is 0 Å². The second-order valence-corrected chi connectivity index (χ2v) is 10.0. The number of aliphatic hydroxyl groups excluding tert-OH is 2. The van der Waals surface area contributed by atoms with E-state index in [4.69, 9.17) is 0 Å². The molecule has 2 N–H and O–H groups in total. The number of aliphatic hydroxyl groups is 2. The van der Waals surface area contributed by atoms with Crippen LogP contribution in [0.15, 0.2) is 108 Å². The summed E-state index contributed by atoms with van der Waals surface area (Å²) in [5.41, 5.74) is 3.15. The third-order valence-corrected chi connectivity index (χ3v) is 6.77. The van der Waals surface area contributed by atoms with Crippen LogP contribution in [0.2, 0.25) is 0 Å². The van der Waals surface area contributed by atoms with Crippen molar-refractivity contribution in [2.75, 3.05) is 0 Å². The van der Waals surface area contributed by atoms with Crippen molar-refractivity contribution in [3.8, 4) is 0 Å². The predicted octanol–water partition coefficient (Wildman–Crippen LogP) is 1.74. The van der Waals surface area contributed by atoms with Gasteiger partial charge in [0.1, 0.15) is 11.5 Å². The van der Waals surface area contributed by atoms with Gasteiger partial charge in [-0.15, -0.1) is 0 Å². The van der Waals surface area contributed by atoms with Crippen LogP contribution in [0.25, 0.3) is 11.5 Å². The van der Waals surface area contributed by atoms with Crippen LogP contribution in [0.1, 0.15) is 72.8 Å². The van der Waals surface area contributed by atoms with Crippen LogP contribution in [0.5, 0.6) is 0 Å². The molecule has 9 nitrogen and oxygen atoms in total. The van der Waals surface area contributed by atoms with Gasteiger partial charge in [-0.2, -0.15) is 0 Å². The Kier molecular flexibility index (Phi) is 11.8. The van der Waals surface area contributed by atoms with Crippen molar-refractivity contribution < 1.29 is 95.5 Å². The summed E-state index contributed by atoms with van der Waals surface area (Å²) < 4.78 is 0. The Hall–Kier alpha value is -4.32. The SMILES string of the molecule is CC(C)=CCC1=C(O)c2ccccc2C(=O)C1=O.O=C1C=C(O)c2ccccc2C1=O.O=C1C=C([O-])C(=O)c2ccccc21.[K+]. The fourth-order valence-electron chi connectivity index (χ4n) is 4.51. The molecule has 6 rings (SSSR count). The Bertz CT molecular complexity index is 1880. The second-order valence-electron chi connectivity index (χ2n) is 10.0. The van der Waals surface area contributed by atoms with E-state index in [1.807, 2.05) is 19.9 Å². The molecule has 0 saturated carbocycles. The number of carbonyl (C=O) groups excluding carboxylic acids is 6. The van der Waals surface area contributed by atoms with Gasteiger partial charge >= 0.3 is 51.4 Å². The van der Waals surface area contributed by atoms with Crippen molar-refractivity contribution in [2.45, 2.75) is 20.3 Å². The summed E-state index contributed by atoms with van der Waals surface area (Å²) in [5.74, 6) is -4.32. The molecule has 10 heteroatoms. The minimum Gasteiger partial charge on any atom is -0.870 e. The molecule has 45 heavy (non-hydrogen) atoms. The van der Waals surface area contributed by atoms with Crippen LogP contribution in [-0.4, -0.2) is 44.9 Å². The largest absolute Gasteiger partial charge is 1.00 e. The van der Waals surface area contributed by atoms with Gasteiger partial charge in [0.05, 0.1) is 0 Å². The second kappa shape index (κ2) is 15.1. The normalized spacial score (nSPS) is 14.6. The molecule has 0 spiro atoms. The summed E-state index contributed by atoms with van der Waals surface area (Å²) in [5, 5.41) is 30.4. The molecule has 3 aliphatic carbocycles. The fraction of sp³-hybridized carbons (Fsp3) is 0.0857. The molecule has 220 valence electrons. The van der Waals surface area contributed by atoms with E-state index < -0.39 is 34.7 Å². The van der Waals surface area contributed by atoms with Crippen molar-refractivity contribution in [1.82, 2.24) is 0 Å². The van der Waals surface area contributed by atoms with Crippen LogP contribution in [0.4, 0.5) is 0 Å². The third kappa shape index (κ3) is 7.67. The summed E-state index contributed by atoms with van der Waals surface area (Å²) in [4.78, 5) is 68.5. The molecule has 0 amide bonds. The van der Waals surface area contributed by atoms with E-state index >= 15 is 0 Å². The number of hydrogen-bond donors (Lipinski definition) is 2. The van der Waals surface area contributed by atoms with Crippen molar-refractivity contribution >= 4 is 46.2 Å². The first-order valence-electron chi connectivity index (χ1n) is 13.3. The molecule has 0 fully saturated rings. The number of allylic oxidation sites excluding steroid dienone is 6. The maximum atomic E-state index is 11.9. The topological polar surface area (TPSA) is 166 Å². The zero-order valence-electron chi connectivity index (χ0n) is 24.6. The minimum atomic E-state index is -0.733. The molecule has 0 atom stereocenters. The molecule has 3 aliphatic rings. The number of fused-ring (bicyclic) bond motifs is 3. The van der Waals surface area contributed by atoms with Crippen LogP contribution in [0, 0.1) is 0 Å². The quantitative estimate of drug-likeness (QED) is 0.244. The van der Waals surface area contributed by atoms with E-state index in [-0.39, 0.29) is 97.4 Å². The number of Topliss-reactive ketones (excluding diaryl/α,β-unsaturated/α-hetero) is 4. The number of ketones is 6. The smallest absolute Gasteiger partial charge is 0.870 e. The number of rotatable bonds is 2. The van der Waals surface area contributed by atoms with E-state index in [1.54, 1.807) is 60.7 Å². The third-order valence-electron chi connectivity index (χ3n) is 6.77. The Morgan fingerprint density at radius 1 is 0.600 bits per heavy atom. The summed E-state index contributed by atoms with van der Waals surface area (Å²) in [6.45, 7) is 3.81. The molecule has 3 aromatic rings. The Morgan fingerprint density at radius 3 is 1.62 bits per heavy atom. The Labute approximate surface area is 300 Å². The first-order chi connectivity index (χ1) is 20.9. The van der Waals surface area contributed by atoms with Gasteiger partial charge in [-0.25, -0.2) is 0 Å². The van der Waals surface area contributed by atoms with Gasteiger partial charge in [0.2, 0.25) is 23.1 Å². The summed E-state index contributed by atoms with van der Waals surface area (Å²) in [7, 11) is 0. The van der Waals surface area contributed by atoms with E-state index in [0.29, 0.717) is 16.7 Å². The number of carbonyl (C=O) groups is 6. The predicted molar refractivity (Wildman–Crippen MR) is 159 cm³/mol. The molecule has 0 unspecified atom stereocenters. The van der Waals surface area contributed by atoms with Gasteiger partial charge in [0, 0.05) is 45.0 Å². The van der Waals surface area contributed by atoms with Gasteiger partial charge in [-0.05, 0) is 26.3 Å². The molecule has 0 aromatic heterocycles. The molecule has 0 heterocycles. The average molecular weight is 629 g/mol. The van der Waals surface area contributed by atoms with Crippen molar-refractivity contribution in [1.29, 1.82) is 0 Å². The molecule has 0 aliphatic heterocycles. The van der Waals surface area contributed by atoms with Crippen molar-refractivity contribution in [2.24, 2.45) is 0 Å². The van der Waals surface area contributed by atoms with Crippen LogP contribution < -0.4 is 56.5 Å². The zero-order chi connectivity index (χ0) is 32.1.